The SMILES string of the molecule is CON(C)c1ccc(-c2cccc(C(/C=C(\N)c3ccc(C4=CC=CCC4)cc3)c3ccccc3-c3ccccc3)c2)cc1NC1=CC=CCC1. The van der Waals surface area contributed by atoms with Gasteiger partial charge in [-0.05, 0) is 100 Å². The molecule has 0 fully saturated rings. The van der Waals surface area contributed by atoms with Crippen LogP contribution in [0.25, 0.3) is 33.5 Å². The first-order chi connectivity index (χ1) is 25.1. The van der Waals surface area contributed by atoms with E-state index in [1.165, 1.54) is 39.1 Å². The molecule has 0 bridgehead atoms. The van der Waals surface area contributed by atoms with Crippen molar-refractivity contribution in [3.05, 3.63) is 192 Å². The van der Waals surface area contributed by atoms with Crippen LogP contribution in [-0.4, -0.2) is 14.2 Å². The number of nitrogens with one attached hydrogen (secondary N) is 1. The van der Waals surface area contributed by atoms with E-state index in [4.69, 9.17) is 10.6 Å². The zero-order valence-electron chi connectivity index (χ0n) is 29.4. The lowest BCUT2D eigenvalue weighted by Gasteiger charge is -2.23. The minimum atomic E-state index is -0.0945. The van der Waals surface area contributed by atoms with Crippen LogP contribution < -0.4 is 16.1 Å². The Morgan fingerprint density at radius 1 is 0.725 bits per heavy atom. The normalized spacial score (nSPS) is 14.8. The molecule has 0 heterocycles. The molecule has 4 heteroatoms. The maximum absolute atomic E-state index is 7.00. The summed E-state index contributed by atoms with van der Waals surface area (Å²) in [6, 6.07) is 43.4. The molecule has 0 aromatic heterocycles. The lowest BCUT2D eigenvalue weighted by molar-refractivity contribution is 0.185. The van der Waals surface area contributed by atoms with E-state index in [1.54, 1.807) is 12.2 Å². The quantitative estimate of drug-likeness (QED) is 0.138. The number of hydrogen-bond acceptors (Lipinski definition) is 4. The summed E-state index contributed by atoms with van der Waals surface area (Å²) < 4.78 is 0. The van der Waals surface area contributed by atoms with Crippen molar-refractivity contribution in [1.82, 2.24) is 0 Å². The second kappa shape index (κ2) is 15.8. The van der Waals surface area contributed by atoms with Crippen LogP contribution in [-0.2, 0) is 4.84 Å². The van der Waals surface area contributed by atoms with Gasteiger partial charge >= 0.3 is 0 Å². The van der Waals surface area contributed by atoms with Crippen molar-refractivity contribution in [3.8, 4) is 22.3 Å². The van der Waals surface area contributed by atoms with Gasteiger partial charge in [0.15, 0.2) is 0 Å². The second-order valence-corrected chi connectivity index (χ2v) is 13.1. The van der Waals surface area contributed by atoms with E-state index in [-0.39, 0.29) is 5.92 Å². The standard InChI is InChI=1S/C47H45N3O/c1-50(51-2)47-30-29-39(32-46(47)49-41-21-10-5-11-22-41)38-19-14-20-40(31-38)44(43-24-13-12-23-42(43)36-17-8-4-9-18-36)33-45(48)37-27-25-35(26-28-37)34-15-6-3-7-16-34/h3-6,8-10,12-15,17-21,23-33,44,49H,7,11,16,22,48H2,1-2H3/b45-33-. The number of allylic oxidation sites excluding steroid dienone is 9. The monoisotopic (exact) mass is 667 g/mol. The molecule has 5 aromatic carbocycles. The number of anilines is 2. The zero-order valence-corrected chi connectivity index (χ0v) is 29.4. The number of nitrogens with zero attached hydrogens (tertiary/aromatic N) is 1. The fourth-order valence-electron chi connectivity index (χ4n) is 6.99. The Labute approximate surface area is 302 Å². The fraction of sp³-hybridized carbons (Fsp3) is 0.149. The molecule has 1 unspecified atom stereocenters. The summed E-state index contributed by atoms with van der Waals surface area (Å²) in [5.74, 6) is -0.0945. The third-order valence-corrected chi connectivity index (χ3v) is 9.83. The zero-order chi connectivity index (χ0) is 35.0. The number of rotatable bonds is 11. The molecule has 3 N–H and O–H groups in total. The third-order valence-electron chi connectivity index (χ3n) is 9.83. The van der Waals surface area contributed by atoms with Gasteiger partial charge < -0.3 is 11.1 Å². The predicted octanol–water partition coefficient (Wildman–Crippen LogP) is 11.5. The minimum absolute atomic E-state index is 0.0945. The molecule has 0 saturated carbocycles. The average molecular weight is 668 g/mol. The Balaban J connectivity index is 1.30. The smallest absolute Gasteiger partial charge is 0.0868 e. The van der Waals surface area contributed by atoms with Crippen LogP contribution in [0, 0.1) is 0 Å². The van der Waals surface area contributed by atoms with Crippen molar-refractivity contribution in [1.29, 1.82) is 0 Å². The molecule has 5 aromatic rings. The van der Waals surface area contributed by atoms with Crippen LogP contribution in [0.4, 0.5) is 11.4 Å². The fourth-order valence-corrected chi connectivity index (χ4v) is 6.99. The van der Waals surface area contributed by atoms with Gasteiger partial charge in [0.2, 0.25) is 0 Å². The summed E-state index contributed by atoms with van der Waals surface area (Å²) in [5, 5.41) is 5.48. The van der Waals surface area contributed by atoms with E-state index in [1.807, 2.05) is 7.05 Å². The molecule has 0 aliphatic heterocycles. The molecule has 2 aliphatic rings. The highest BCUT2D eigenvalue weighted by Gasteiger charge is 2.19. The van der Waals surface area contributed by atoms with E-state index in [9.17, 15) is 0 Å². The van der Waals surface area contributed by atoms with E-state index < -0.39 is 0 Å². The first kappa shape index (κ1) is 33.6. The highest BCUT2D eigenvalue weighted by atomic mass is 16.7. The number of hydroxylamine groups is 1. The predicted molar refractivity (Wildman–Crippen MR) is 216 cm³/mol. The molecule has 0 saturated heterocycles. The van der Waals surface area contributed by atoms with E-state index in [0.29, 0.717) is 0 Å². The van der Waals surface area contributed by atoms with Gasteiger partial charge in [-0.3, -0.25) is 9.90 Å². The van der Waals surface area contributed by atoms with Crippen LogP contribution >= 0.6 is 0 Å². The van der Waals surface area contributed by atoms with E-state index in [0.717, 1.165) is 59.4 Å². The largest absolute Gasteiger partial charge is 0.398 e. The lowest BCUT2D eigenvalue weighted by atomic mass is 9.84. The Morgan fingerprint density at radius 2 is 1.43 bits per heavy atom. The molecule has 0 amide bonds. The highest BCUT2D eigenvalue weighted by Crippen LogP contribution is 2.39. The van der Waals surface area contributed by atoms with Gasteiger partial charge in [0.25, 0.3) is 0 Å². The van der Waals surface area contributed by atoms with Crippen molar-refractivity contribution in [2.45, 2.75) is 31.6 Å². The van der Waals surface area contributed by atoms with Gasteiger partial charge in [-0.1, -0.05) is 140 Å². The van der Waals surface area contributed by atoms with Crippen LogP contribution in [0.5, 0.6) is 0 Å². The molecule has 2 aliphatic carbocycles. The topological polar surface area (TPSA) is 50.5 Å². The average Bonchev–Trinajstić information content (AvgIpc) is 3.20. The summed E-state index contributed by atoms with van der Waals surface area (Å²) in [6.45, 7) is 0. The Morgan fingerprint density at radius 3 is 2.18 bits per heavy atom. The summed E-state index contributed by atoms with van der Waals surface area (Å²) in [5.41, 5.74) is 21.6. The molecule has 4 nitrogen and oxygen atoms in total. The Hall–Kier alpha value is -5.84. The maximum Gasteiger partial charge on any atom is 0.0868 e. The summed E-state index contributed by atoms with van der Waals surface area (Å²) in [4.78, 5) is 5.61. The maximum atomic E-state index is 7.00. The Kier molecular flexibility index (Phi) is 10.4. The molecule has 0 spiro atoms. The van der Waals surface area contributed by atoms with Crippen molar-refractivity contribution in [3.63, 3.8) is 0 Å². The number of hydrogen-bond donors (Lipinski definition) is 2. The molecular formula is C47H45N3O. The number of nitrogens with two attached hydrogens (primary N) is 1. The highest BCUT2D eigenvalue weighted by molar-refractivity contribution is 5.80. The van der Waals surface area contributed by atoms with E-state index in [2.05, 4.69) is 169 Å². The van der Waals surface area contributed by atoms with Crippen LogP contribution in [0.2, 0.25) is 0 Å². The molecule has 1 atom stereocenters. The first-order valence-corrected chi connectivity index (χ1v) is 17.8. The van der Waals surface area contributed by atoms with Crippen LogP contribution in [0.1, 0.15) is 53.9 Å². The molecule has 0 radical (unpaired) electrons. The summed E-state index contributed by atoms with van der Waals surface area (Å²) >= 11 is 0. The van der Waals surface area contributed by atoms with Crippen molar-refractivity contribution in [2.75, 3.05) is 24.5 Å². The summed E-state index contributed by atoms with van der Waals surface area (Å²) in [7, 11) is 3.62. The summed E-state index contributed by atoms with van der Waals surface area (Å²) in [6.07, 6.45) is 19.4. The van der Waals surface area contributed by atoms with Gasteiger partial charge in [0.1, 0.15) is 0 Å². The second-order valence-electron chi connectivity index (χ2n) is 13.1. The van der Waals surface area contributed by atoms with Crippen LogP contribution in [0.3, 0.4) is 0 Å². The van der Waals surface area contributed by atoms with E-state index >= 15 is 0 Å². The van der Waals surface area contributed by atoms with Crippen molar-refractivity contribution < 1.29 is 4.84 Å². The van der Waals surface area contributed by atoms with Gasteiger partial charge in [-0.2, -0.15) is 0 Å². The first-order valence-electron chi connectivity index (χ1n) is 17.8. The van der Waals surface area contributed by atoms with Crippen LogP contribution in [0.15, 0.2) is 170 Å². The molecule has 51 heavy (non-hydrogen) atoms. The third kappa shape index (κ3) is 7.82. The lowest BCUT2D eigenvalue weighted by Crippen LogP contribution is -2.17. The van der Waals surface area contributed by atoms with Gasteiger partial charge in [0, 0.05) is 24.4 Å². The molecule has 254 valence electrons. The van der Waals surface area contributed by atoms with Gasteiger partial charge in [-0.15, -0.1) is 0 Å². The van der Waals surface area contributed by atoms with Crippen molar-refractivity contribution in [2.24, 2.45) is 5.73 Å². The molecule has 7 rings (SSSR count). The van der Waals surface area contributed by atoms with Gasteiger partial charge in [0.05, 0.1) is 18.5 Å². The minimum Gasteiger partial charge on any atom is -0.398 e. The molecular weight excluding hydrogens is 623 g/mol. The van der Waals surface area contributed by atoms with Gasteiger partial charge in [-0.25, -0.2) is 0 Å². The number of benzene rings is 5. The van der Waals surface area contributed by atoms with Crippen molar-refractivity contribution >= 4 is 22.6 Å². The Bertz CT molecular complexity index is 2140.